The van der Waals surface area contributed by atoms with E-state index < -0.39 is 11.2 Å². The molecule has 2 saturated carbocycles. The molecular formula is C30H56N4O4. The Bertz CT molecular complexity index is 697. The highest BCUT2D eigenvalue weighted by Crippen LogP contribution is 2.36. The number of carbonyl (C=O) groups is 2. The molecule has 4 rings (SSSR count). The smallest absolute Gasteiger partial charge is 0.410 e. The van der Waals surface area contributed by atoms with Gasteiger partial charge < -0.3 is 30.7 Å². The van der Waals surface area contributed by atoms with E-state index in [4.69, 9.17) is 20.9 Å². The Morgan fingerprint density at radius 2 is 0.868 bits per heavy atom. The van der Waals surface area contributed by atoms with Crippen LogP contribution in [0.25, 0.3) is 0 Å². The standard InChI is InChI=1S/2C15H28N2O2/c2*1-15(2,3)19-14(18)17-9-8-12(10-17)11-4-6-13(16)7-5-11/h2*11-13H,4-10,16H2,1-3H3. The van der Waals surface area contributed by atoms with Crippen LogP contribution in [0.3, 0.4) is 0 Å². The number of amides is 2. The van der Waals surface area contributed by atoms with Gasteiger partial charge in [-0.05, 0) is 129 Å². The van der Waals surface area contributed by atoms with Gasteiger partial charge in [0.2, 0.25) is 0 Å². The molecule has 220 valence electrons. The van der Waals surface area contributed by atoms with Crippen LogP contribution in [0.2, 0.25) is 0 Å². The summed E-state index contributed by atoms with van der Waals surface area (Å²) in [6.07, 6.45) is 11.5. The topological polar surface area (TPSA) is 111 Å². The first-order valence-electron chi connectivity index (χ1n) is 15.2. The fourth-order valence-corrected chi connectivity index (χ4v) is 6.56. The Morgan fingerprint density at radius 1 is 0.553 bits per heavy atom. The highest BCUT2D eigenvalue weighted by Gasteiger charge is 2.36. The number of rotatable bonds is 2. The molecule has 2 saturated heterocycles. The van der Waals surface area contributed by atoms with Crippen LogP contribution >= 0.6 is 0 Å². The predicted octanol–water partition coefficient (Wildman–Crippen LogP) is 5.52. The van der Waals surface area contributed by atoms with Crippen molar-refractivity contribution in [2.75, 3.05) is 26.2 Å². The molecule has 4 aliphatic rings. The number of ether oxygens (including phenoxy) is 2. The Hall–Kier alpha value is -1.54. The monoisotopic (exact) mass is 536 g/mol. The zero-order valence-electron chi connectivity index (χ0n) is 25.0. The quantitative estimate of drug-likeness (QED) is 0.481. The second-order valence-electron chi connectivity index (χ2n) is 14.3. The summed E-state index contributed by atoms with van der Waals surface area (Å²) in [5.41, 5.74) is 11.1. The Labute approximate surface area is 231 Å². The lowest BCUT2D eigenvalue weighted by Crippen LogP contribution is -2.36. The van der Waals surface area contributed by atoms with Gasteiger partial charge >= 0.3 is 12.2 Å². The molecule has 4 fully saturated rings. The molecule has 2 amide bonds. The van der Waals surface area contributed by atoms with Gasteiger partial charge in [0.1, 0.15) is 11.2 Å². The molecule has 2 unspecified atom stereocenters. The van der Waals surface area contributed by atoms with Crippen molar-refractivity contribution >= 4 is 12.2 Å². The first kappa shape index (κ1) is 31.0. The number of likely N-dealkylation sites (tertiary alicyclic amines) is 2. The highest BCUT2D eigenvalue weighted by molar-refractivity contribution is 5.68. The van der Waals surface area contributed by atoms with Crippen LogP contribution in [0.1, 0.15) is 106 Å². The SMILES string of the molecule is CC(C)(C)OC(=O)N1CCC(C2CCC(N)CC2)C1.CC(C)(C)OC(=O)N1CCC(C2CCC(N)CC2)C1. The first-order chi connectivity index (χ1) is 17.7. The third-order valence-corrected chi connectivity index (χ3v) is 8.72. The molecule has 2 atom stereocenters. The molecule has 0 aromatic heterocycles. The summed E-state index contributed by atoms with van der Waals surface area (Å²) in [6.45, 7) is 14.9. The van der Waals surface area contributed by atoms with Crippen molar-refractivity contribution in [3.05, 3.63) is 0 Å². The summed E-state index contributed by atoms with van der Waals surface area (Å²) >= 11 is 0. The number of hydrogen-bond donors (Lipinski definition) is 2. The van der Waals surface area contributed by atoms with E-state index in [1.165, 1.54) is 25.7 Å². The number of hydrogen-bond acceptors (Lipinski definition) is 6. The van der Waals surface area contributed by atoms with Crippen LogP contribution in [0.4, 0.5) is 9.59 Å². The maximum Gasteiger partial charge on any atom is 0.410 e. The Balaban J connectivity index is 0.000000211. The van der Waals surface area contributed by atoms with Crippen molar-refractivity contribution in [3.63, 3.8) is 0 Å². The van der Waals surface area contributed by atoms with Gasteiger partial charge in [-0.3, -0.25) is 0 Å². The summed E-state index contributed by atoms with van der Waals surface area (Å²) in [4.78, 5) is 27.8. The minimum atomic E-state index is -0.396. The molecule has 0 spiro atoms. The molecule has 0 bridgehead atoms. The van der Waals surface area contributed by atoms with Crippen molar-refractivity contribution in [2.45, 2.75) is 129 Å². The summed E-state index contributed by atoms with van der Waals surface area (Å²) in [6, 6.07) is 0.805. The number of nitrogens with two attached hydrogens (primary N) is 2. The van der Waals surface area contributed by atoms with Gasteiger partial charge in [0, 0.05) is 38.3 Å². The lowest BCUT2D eigenvalue weighted by molar-refractivity contribution is 0.0270. The van der Waals surface area contributed by atoms with Crippen LogP contribution in [0.15, 0.2) is 0 Å². The highest BCUT2D eigenvalue weighted by atomic mass is 16.6. The number of carbonyl (C=O) groups excluding carboxylic acids is 2. The molecule has 2 aliphatic heterocycles. The van der Waals surface area contributed by atoms with Crippen LogP contribution in [0.5, 0.6) is 0 Å². The van der Waals surface area contributed by atoms with Gasteiger partial charge in [-0.2, -0.15) is 0 Å². The first-order valence-corrected chi connectivity index (χ1v) is 15.2. The molecule has 0 radical (unpaired) electrons. The van der Waals surface area contributed by atoms with Crippen LogP contribution in [-0.4, -0.2) is 71.5 Å². The average molecular weight is 537 g/mol. The van der Waals surface area contributed by atoms with Crippen molar-refractivity contribution in [3.8, 4) is 0 Å². The van der Waals surface area contributed by atoms with Crippen LogP contribution < -0.4 is 11.5 Å². The van der Waals surface area contributed by atoms with Crippen molar-refractivity contribution in [1.82, 2.24) is 9.80 Å². The zero-order valence-corrected chi connectivity index (χ0v) is 25.0. The summed E-state index contributed by atoms with van der Waals surface area (Å²) in [7, 11) is 0. The van der Waals surface area contributed by atoms with Gasteiger partial charge in [0.25, 0.3) is 0 Å². The molecule has 8 heteroatoms. The molecule has 8 nitrogen and oxygen atoms in total. The maximum atomic E-state index is 12.0. The van der Waals surface area contributed by atoms with Gasteiger partial charge in [-0.25, -0.2) is 9.59 Å². The molecular weight excluding hydrogens is 480 g/mol. The molecule has 2 heterocycles. The minimum absolute atomic E-state index is 0.150. The van der Waals surface area contributed by atoms with Gasteiger partial charge in [-0.15, -0.1) is 0 Å². The molecule has 38 heavy (non-hydrogen) atoms. The third-order valence-electron chi connectivity index (χ3n) is 8.72. The van der Waals surface area contributed by atoms with E-state index in [2.05, 4.69) is 0 Å². The van der Waals surface area contributed by atoms with Crippen molar-refractivity contribution < 1.29 is 19.1 Å². The normalized spacial score (nSPS) is 32.4. The zero-order chi connectivity index (χ0) is 28.1. The van der Waals surface area contributed by atoms with Gasteiger partial charge in [-0.1, -0.05) is 0 Å². The summed E-state index contributed by atoms with van der Waals surface area (Å²) in [5, 5.41) is 0. The average Bonchev–Trinajstić information content (AvgIpc) is 3.49. The van der Waals surface area contributed by atoms with Crippen LogP contribution in [0, 0.1) is 23.7 Å². The van der Waals surface area contributed by atoms with Crippen molar-refractivity contribution in [2.24, 2.45) is 35.1 Å². The van der Waals surface area contributed by atoms with E-state index >= 15 is 0 Å². The van der Waals surface area contributed by atoms with E-state index in [0.717, 1.165) is 76.5 Å². The Morgan fingerprint density at radius 3 is 1.16 bits per heavy atom. The van der Waals surface area contributed by atoms with E-state index in [0.29, 0.717) is 23.9 Å². The van der Waals surface area contributed by atoms with Crippen molar-refractivity contribution in [1.29, 1.82) is 0 Å². The second-order valence-corrected chi connectivity index (χ2v) is 14.3. The Kier molecular flexibility index (Phi) is 10.8. The minimum Gasteiger partial charge on any atom is -0.444 e. The maximum absolute atomic E-state index is 12.0. The van der Waals surface area contributed by atoms with Gasteiger partial charge in [0.15, 0.2) is 0 Å². The molecule has 0 aromatic rings. The lowest BCUT2D eigenvalue weighted by atomic mass is 9.78. The fourth-order valence-electron chi connectivity index (χ4n) is 6.56. The van der Waals surface area contributed by atoms with Gasteiger partial charge in [0.05, 0.1) is 0 Å². The summed E-state index contributed by atoms with van der Waals surface area (Å²) < 4.78 is 10.9. The number of nitrogens with zero attached hydrogens (tertiary/aromatic N) is 2. The third kappa shape index (κ3) is 9.89. The largest absolute Gasteiger partial charge is 0.444 e. The predicted molar refractivity (Wildman–Crippen MR) is 152 cm³/mol. The molecule has 0 aromatic carbocycles. The fraction of sp³-hybridized carbons (Fsp3) is 0.933. The van der Waals surface area contributed by atoms with E-state index in [-0.39, 0.29) is 12.2 Å². The molecule has 2 aliphatic carbocycles. The lowest BCUT2D eigenvalue weighted by Gasteiger charge is -2.30. The van der Waals surface area contributed by atoms with E-state index in [1.807, 2.05) is 51.3 Å². The van der Waals surface area contributed by atoms with Crippen LogP contribution in [-0.2, 0) is 9.47 Å². The van der Waals surface area contributed by atoms with E-state index in [1.54, 1.807) is 0 Å². The van der Waals surface area contributed by atoms with E-state index in [9.17, 15) is 9.59 Å². The molecule has 4 N–H and O–H groups in total. The summed E-state index contributed by atoms with van der Waals surface area (Å²) in [5.74, 6) is 2.82. The second kappa shape index (κ2) is 13.2.